The Balaban J connectivity index is 1.61. The molecule has 0 aliphatic heterocycles. The normalized spacial score (nSPS) is 11.7. The molecule has 0 atom stereocenters. The summed E-state index contributed by atoms with van der Waals surface area (Å²) in [6.45, 7) is 1.81. The molecular weight excluding hydrogens is 476 g/mol. The molecule has 4 aromatic rings. The maximum Gasteiger partial charge on any atom is 0.339 e. The lowest BCUT2D eigenvalue weighted by Crippen LogP contribution is -2.16. The molecule has 4 aromatic carbocycles. The molecule has 0 aromatic heterocycles. The van der Waals surface area contributed by atoms with E-state index in [2.05, 4.69) is 10.0 Å². The molecule has 0 saturated heterocycles. The van der Waals surface area contributed by atoms with Crippen molar-refractivity contribution in [2.24, 2.45) is 0 Å². The summed E-state index contributed by atoms with van der Waals surface area (Å²) in [7, 11) is -2.64. The SMILES string of the molecule is COC(=O)c1ccc(NS(=O)(=O)c2ccccc2)cc1NC(=O)/C=C(/C)c1ccc2ccccc2c1. The van der Waals surface area contributed by atoms with E-state index in [9.17, 15) is 18.0 Å². The summed E-state index contributed by atoms with van der Waals surface area (Å²) in [5.41, 5.74) is 1.98. The number of ether oxygens (including phenoxy) is 1. The van der Waals surface area contributed by atoms with Crippen molar-refractivity contribution in [1.82, 2.24) is 0 Å². The Hall–Kier alpha value is -4.43. The van der Waals surface area contributed by atoms with E-state index in [4.69, 9.17) is 4.74 Å². The second-order valence-electron chi connectivity index (χ2n) is 8.05. The number of rotatable bonds is 7. The molecule has 8 heteroatoms. The van der Waals surface area contributed by atoms with E-state index in [0.717, 1.165) is 21.9 Å². The van der Waals surface area contributed by atoms with E-state index in [0.29, 0.717) is 0 Å². The Morgan fingerprint density at radius 2 is 1.53 bits per heavy atom. The van der Waals surface area contributed by atoms with Crippen molar-refractivity contribution in [1.29, 1.82) is 0 Å². The predicted octanol–water partition coefficient (Wildman–Crippen LogP) is 5.47. The van der Waals surface area contributed by atoms with Crippen molar-refractivity contribution < 1.29 is 22.7 Å². The fraction of sp³-hybridized carbons (Fsp3) is 0.0714. The first-order valence-electron chi connectivity index (χ1n) is 11.1. The third kappa shape index (κ3) is 5.61. The molecule has 0 fully saturated rings. The average molecular weight is 501 g/mol. The Kier molecular flexibility index (Phi) is 7.17. The maximum absolute atomic E-state index is 12.9. The Morgan fingerprint density at radius 1 is 0.833 bits per heavy atom. The van der Waals surface area contributed by atoms with Gasteiger partial charge in [0.05, 0.1) is 28.9 Å². The average Bonchev–Trinajstić information content (AvgIpc) is 2.88. The maximum atomic E-state index is 12.9. The number of hydrogen-bond donors (Lipinski definition) is 2. The number of fused-ring (bicyclic) bond motifs is 1. The van der Waals surface area contributed by atoms with Crippen LogP contribution in [0.25, 0.3) is 16.3 Å². The van der Waals surface area contributed by atoms with Gasteiger partial charge in [-0.1, -0.05) is 54.6 Å². The molecule has 182 valence electrons. The lowest BCUT2D eigenvalue weighted by Gasteiger charge is -2.13. The van der Waals surface area contributed by atoms with Crippen molar-refractivity contribution in [3.05, 3.63) is 108 Å². The molecule has 7 nitrogen and oxygen atoms in total. The van der Waals surface area contributed by atoms with Gasteiger partial charge in [-0.3, -0.25) is 9.52 Å². The second-order valence-corrected chi connectivity index (χ2v) is 9.73. The standard InChI is InChI=1S/C28H24N2O5S/c1-19(21-13-12-20-8-6-7-9-22(20)17-21)16-27(31)29-26-18-23(14-15-25(26)28(32)35-2)30-36(33,34)24-10-4-3-5-11-24/h3-18,30H,1-2H3,(H,29,31)/b19-16-. The molecule has 1 amide bonds. The van der Waals surface area contributed by atoms with Crippen LogP contribution in [0, 0.1) is 0 Å². The number of amides is 1. The van der Waals surface area contributed by atoms with Crippen LogP contribution < -0.4 is 10.0 Å². The summed E-state index contributed by atoms with van der Waals surface area (Å²) < 4.78 is 32.7. The summed E-state index contributed by atoms with van der Waals surface area (Å²) in [6.07, 6.45) is 1.42. The first-order chi connectivity index (χ1) is 17.3. The van der Waals surface area contributed by atoms with Crippen LogP contribution in [0.2, 0.25) is 0 Å². The predicted molar refractivity (Wildman–Crippen MR) is 141 cm³/mol. The van der Waals surface area contributed by atoms with E-state index >= 15 is 0 Å². The summed E-state index contributed by atoms with van der Waals surface area (Å²) in [5.74, 6) is -1.15. The number of benzene rings is 4. The number of carbonyl (C=O) groups is 2. The fourth-order valence-corrected chi connectivity index (χ4v) is 4.77. The number of nitrogens with one attached hydrogen (secondary N) is 2. The summed E-state index contributed by atoms with van der Waals surface area (Å²) in [6, 6.07) is 25.9. The van der Waals surface area contributed by atoms with Gasteiger partial charge in [0.2, 0.25) is 5.91 Å². The van der Waals surface area contributed by atoms with Crippen LogP contribution in [-0.2, 0) is 19.6 Å². The third-order valence-corrected chi connectivity index (χ3v) is 6.94. The number of allylic oxidation sites excluding steroid dienone is 1. The van der Waals surface area contributed by atoms with Crippen molar-refractivity contribution >= 4 is 49.6 Å². The van der Waals surface area contributed by atoms with E-state index in [1.807, 2.05) is 49.4 Å². The largest absolute Gasteiger partial charge is 0.465 e. The molecule has 0 spiro atoms. The van der Waals surface area contributed by atoms with Gasteiger partial charge in [-0.25, -0.2) is 13.2 Å². The molecule has 0 bridgehead atoms. The fourth-order valence-electron chi connectivity index (χ4n) is 3.70. The van der Waals surface area contributed by atoms with Crippen LogP contribution in [0.1, 0.15) is 22.8 Å². The van der Waals surface area contributed by atoms with Gasteiger partial charge in [0.15, 0.2) is 0 Å². The van der Waals surface area contributed by atoms with E-state index in [1.54, 1.807) is 18.2 Å². The van der Waals surface area contributed by atoms with Gasteiger partial charge in [0.25, 0.3) is 10.0 Å². The zero-order valence-electron chi connectivity index (χ0n) is 19.7. The smallest absolute Gasteiger partial charge is 0.339 e. The zero-order valence-corrected chi connectivity index (χ0v) is 20.5. The van der Waals surface area contributed by atoms with E-state index in [1.165, 1.54) is 43.5 Å². The quantitative estimate of drug-likeness (QED) is 0.259. The Morgan fingerprint density at radius 3 is 2.25 bits per heavy atom. The van der Waals surface area contributed by atoms with Crippen LogP contribution in [0.15, 0.2) is 102 Å². The van der Waals surface area contributed by atoms with Gasteiger partial charge in [-0.05, 0) is 65.2 Å². The van der Waals surface area contributed by atoms with Gasteiger partial charge >= 0.3 is 5.97 Å². The minimum Gasteiger partial charge on any atom is -0.465 e. The molecular formula is C28H24N2O5S. The van der Waals surface area contributed by atoms with Crippen LogP contribution in [0.4, 0.5) is 11.4 Å². The highest BCUT2D eigenvalue weighted by molar-refractivity contribution is 7.92. The van der Waals surface area contributed by atoms with Crippen LogP contribution in [-0.4, -0.2) is 27.4 Å². The van der Waals surface area contributed by atoms with Crippen LogP contribution in [0.3, 0.4) is 0 Å². The molecule has 0 heterocycles. The van der Waals surface area contributed by atoms with Gasteiger partial charge in [0.1, 0.15) is 0 Å². The number of methoxy groups -OCH3 is 1. The Bertz CT molecular complexity index is 1580. The van der Waals surface area contributed by atoms with Gasteiger partial charge in [-0.2, -0.15) is 0 Å². The number of anilines is 2. The number of carbonyl (C=O) groups excluding carboxylic acids is 2. The van der Waals surface area contributed by atoms with Crippen molar-refractivity contribution in [2.75, 3.05) is 17.1 Å². The highest BCUT2D eigenvalue weighted by atomic mass is 32.2. The van der Waals surface area contributed by atoms with Gasteiger partial charge in [0, 0.05) is 6.08 Å². The summed E-state index contributed by atoms with van der Waals surface area (Å²) in [5, 5.41) is 4.82. The van der Waals surface area contributed by atoms with E-state index in [-0.39, 0.29) is 21.8 Å². The molecule has 2 N–H and O–H groups in total. The topological polar surface area (TPSA) is 102 Å². The summed E-state index contributed by atoms with van der Waals surface area (Å²) in [4.78, 5) is 25.2. The highest BCUT2D eigenvalue weighted by Gasteiger charge is 2.18. The Labute approximate surface area is 209 Å². The van der Waals surface area contributed by atoms with Crippen LogP contribution in [0.5, 0.6) is 0 Å². The molecule has 0 aliphatic carbocycles. The lowest BCUT2D eigenvalue weighted by atomic mass is 10.0. The molecule has 4 rings (SSSR count). The van der Waals surface area contributed by atoms with Crippen LogP contribution >= 0.6 is 0 Å². The zero-order chi connectivity index (χ0) is 25.7. The van der Waals surface area contributed by atoms with Crippen molar-refractivity contribution in [2.45, 2.75) is 11.8 Å². The minimum atomic E-state index is -3.86. The molecule has 36 heavy (non-hydrogen) atoms. The van der Waals surface area contributed by atoms with Gasteiger partial charge in [-0.15, -0.1) is 0 Å². The molecule has 0 saturated carbocycles. The number of sulfonamides is 1. The monoisotopic (exact) mass is 500 g/mol. The molecule has 0 radical (unpaired) electrons. The summed E-state index contributed by atoms with van der Waals surface area (Å²) >= 11 is 0. The molecule has 0 unspecified atom stereocenters. The third-order valence-electron chi connectivity index (χ3n) is 5.54. The van der Waals surface area contributed by atoms with Gasteiger partial charge < -0.3 is 10.1 Å². The second kappa shape index (κ2) is 10.5. The molecule has 0 aliphatic rings. The van der Waals surface area contributed by atoms with Crippen molar-refractivity contribution in [3.63, 3.8) is 0 Å². The van der Waals surface area contributed by atoms with Crippen molar-refractivity contribution in [3.8, 4) is 0 Å². The minimum absolute atomic E-state index is 0.0848. The number of hydrogen-bond acceptors (Lipinski definition) is 5. The first kappa shape index (κ1) is 24.7. The van der Waals surface area contributed by atoms with E-state index < -0.39 is 21.9 Å². The lowest BCUT2D eigenvalue weighted by molar-refractivity contribution is -0.111. The number of esters is 1. The highest BCUT2D eigenvalue weighted by Crippen LogP contribution is 2.25. The first-order valence-corrected chi connectivity index (χ1v) is 12.5.